The summed E-state index contributed by atoms with van der Waals surface area (Å²) >= 11 is 6.29. The van der Waals surface area contributed by atoms with E-state index in [2.05, 4.69) is 4.98 Å². The minimum absolute atomic E-state index is 0.000836. The van der Waals surface area contributed by atoms with Crippen LogP contribution in [0.2, 0.25) is 5.02 Å². The van der Waals surface area contributed by atoms with Gasteiger partial charge in [0.15, 0.2) is 5.88 Å². The first-order chi connectivity index (χ1) is 20.0. The van der Waals surface area contributed by atoms with Crippen molar-refractivity contribution in [3.63, 3.8) is 0 Å². The molecule has 4 aromatic carbocycles. The van der Waals surface area contributed by atoms with E-state index in [9.17, 15) is 20.4 Å². The highest BCUT2D eigenvalue weighted by atomic mass is 35.5. The van der Waals surface area contributed by atoms with Crippen LogP contribution in [-0.4, -0.2) is 21.6 Å². The van der Waals surface area contributed by atoms with Gasteiger partial charge in [-0.1, -0.05) is 84.4 Å². The molecule has 8 heteroatoms. The third-order valence-electron chi connectivity index (χ3n) is 6.37. The number of nitrogens with one attached hydrogen (secondary N) is 1. The van der Waals surface area contributed by atoms with Gasteiger partial charge in [-0.3, -0.25) is 4.79 Å². The molecule has 2 N–H and O–H groups in total. The first kappa shape index (κ1) is 27.0. The van der Waals surface area contributed by atoms with Gasteiger partial charge in [-0.05, 0) is 35.9 Å². The number of nitriles is 2. The zero-order chi connectivity index (χ0) is 28.8. The van der Waals surface area contributed by atoms with E-state index in [1.807, 2.05) is 48.5 Å². The number of benzene rings is 4. The van der Waals surface area contributed by atoms with E-state index >= 15 is 0 Å². The van der Waals surface area contributed by atoms with E-state index in [0.29, 0.717) is 39.4 Å². The first-order valence-electron chi connectivity index (χ1n) is 12.6. The summed E-state index contributed by atoms with van der Waals surface area (Å²) < 4.78 is 0. The number of para-hydroxylation sites is 2. The van der Waals surface area contributed by atoms with E-state index in [1.165, 1.54) is 6.20 Å². The van der Waals surface area contributed by atoms with E-state index < -0.39 is 5.78 Å². The summed E-state index contributed by atoms with van der Waals surface area (Å²) in [5.74, 6) is -0.628. The smallest absolute Gasteiger partial charge is 0.212 e. The van der Waals surface area contributed by atoms with Gasteiger partial charge in [0.05, 0.1) is 16.9 Å². The summed E-state index contributed by atoms with van der Waals surface area (Å²) in [5, 5.41) is 31.0. The standard InChI is InChI=1S/C33H22ClN5O2/c34-25-15-16-27-26(17-25)30(33(41)38-27)31(32(40)24-11-5-2-6-12-24)37-28-13-7-8-14-29(28)39(21-23(18-35)19-36)20-22-9-3-1-4-10-22/h1-17,21,38,41H,20H2. The average molecular weight is 556 g/mol. The summed E-state index contributed by atoms with van der Waals surface area (Å²) in [6, 6.07) is 34.2. The SMILES string of the molecule is N#CC(C#N)=CN(Cc1ccccc1)c1ccccc1N=C(C(=O)c1ccccc1)c1c(O)[nH]c2ccc(Cl)cc12. The molecule has 7 nitrogen and oxygen atoms in total. The molecule has 0 aliphatic heterocycles. The van der Waals surface area contributed by atoms with Gasteiger partial charge < -0.3 is 15.0 Å². The normalized spacial score (nSPS) is 11.0. The quantitative estimate of drug-likeness (QED) is 0.117. The molecule has 0 amide bonds. The molecule has 0 bridgehead atoms. The van der Waals surface area contributed by atoms with Crippen LogP contribution >= 0.6 is 11.6 Å². The van der Waals surface area contributed by atoms with Crippen molar-refractivity contribution in [2.75, 3.05) is 4.90 Å². The third-order valence-corrected chi connectivity index (χ3v) is 6.61. The van der Waals surface area contributed by atoms with Gasteiger partial charge in [0.2, 0.25) is 5.78 Å². The molecule has 0 aliphatic rings. The van der Waals surface area contributed by atoms with Crippen molar-refractivity contribution in [2.24, 2.45) is 4.99 Å². The van der Waals surface area contributed by atoms with Crippen molar-refractivity contribution >= 4 is 45.4 Å². The van der Waals surface area contributed by atoms with E-state index in [-0.39, 0.29) is 22.7 Å². The van der Waals surface area contributed by atoms with E-state index in [0.717, 1.165) is 5.56 Å². The third kappa shape index (κ3) is 5.86. The van der Waals surface area contributed by atoms with Gasteiger partial charge in [-0.2, -0.15) is 10.5 Å². The van der Waals surface area contributed by atoms with Gasteiger partial charge in [0.1, 0.15) is 23.4 Å². The lowest BCUT2D eigenvalue weighted by atomic mass is 9.99. The Morgan fingerprint density at radius 3 is 2.29 bits per heavy atom. The fourth-order valence-corrected chi connectivity index (χ4v) is 4.65. The highest BCUT2D eigenvalue weighted by Gasteiger charge is 2.25. The van der Waals surface area contributed by atoms with Crippen LogP contribution in [0.15, 0.2) is 120 Å². The van der Waals surface area contributed by atoms with Crippen LogP contribution in [0.5, 0.6) is 5.88 Å². The second-order valence-electron chi connectivity index (χ2n) is 9.06. The minimum atomic E-state index is -0.406. The van der Waals surface area contributed by atoms with Gasteiger partial charge >= 0.3 is 0 Å². The molecule has 0 atom stereocenters. The number of hydrogen-bond acceptors (Lipinski definition) is 6. The molecular weight excluding hydrogens is 534 g/mol. The lowest BCUT2D eigenvalue weighted by Gasteiger charge is -2.23. The Labute approximate surface area is 241 Å². The topological polar surface area (TPSA) is 116 Å². The Balaban J connectivity index is 1.74. The number of Topliss-reactive ketones (excluding diaryl/α,β-unsaturated/α-hetero) is 1. The first-order valence-corrected chi connectivity index (χ1v) is 13.0. The lowest BCUT2D eigenvalue weighted by molar-refractivity contribution is 0.106. The number of H-pyrrole nitrogens is 1. The maximum absolute atomic E-state index is 14.0. The Morgan fingerprint density at radius 2 is 1.59 bits per heavy atom. The van der Waals surface area contributed by atoms with Crippen molar-refractivity contribution in [1.29, 1.82) is 10.5 Å². The van der Waals surface area contributed by atoms with E-state index in [1.54, 1.807) is 71.6 Å². The maximum atomic E-state index is 14.0. The number of carbonyl (C=O) groups is 1. The summed E-state index contributed by atoms with van der Waals surface area (Å²) in [6.45, 7) is 0.330. The van der Waals surface area contributed by atoms with Gasteiger partial charge in [-0.25, -0.2) is 4.99 Å². The number of hydrogen-bond donors (Lipinski definition) is 2. The highest BCUT2D eigenvalue weighted by molar-refractivity contribution is 6.54. The number of aliphatic imine (C=N–C) groups is 1. The predicted octanol–water partition coefficient (Wildman–Crippen LogP) is 7.47. The Morgan fingerprint density at radius 1 is 0.927 bits per heavy atom. The Kier molecular flexibility index (Phi) is 7.92. The molecule has 0 radical (unpaired) electrons. The van der Waals surface area contributed by atoms with Gasteiger partial charge in [0, 0.05) is 34.2 Å². The molecular formula is C33H22ClN5O2. The fourth-order valence-electron chi connectivity index (χ4n) is 4.48. The van der Waals surface area contributed by atoms with Crippen molar-refractivity contribution in [2.45, 2.75) is 6.54 Å². The van der Waals surface area contributed by atoms with Crippen molar-refractivity contribution in [1.82, 2.24) is 4.98 Å². The van der Waals surface area contributed by atoms with Gasteiger partial charge in [-0.15, -0.1) is 0 Å². The van der Waals surface area contributed by atoms with E-state index in [4.69, 9.17) is 16.6 Å². The van der Waals surface area contributed by atoms with Crippen LogP contribution < -0.4 is 4.90 Å². The van der Waals surface area contributed by atoms with Crippen LogP contribution in [0.25, 0.3) is 10.9 Å². The molecule has 0 spiro atoms. The second-order valence-corrected chi connectivity index (χ2v) is 9.50. The molecule has 0 aliphatic carbocycles. The molecule has 5 rings (SSSR count). The van der Waals surface area contributed by atoms with Crippen LogP contribution in [0.4, 0.5) is 11.4 Å². The molecule has 1 heterocycles. The lowest BCUT2D eigenvalue weighted by Crippen LogP contribution is -2.18. The number of aromatic hydroxyl groups is 1. The monoisotopic (exact) mass is 555 g/mol. The Hall–Kier alpha value is -5.63. The largest absolute Gasteiger partial charge is 0.494 e. The number of halogens is 1. The summed E-state index contributed by atoms with van der Waals surface area (Å²) in [4.78, 5) is 23.5. The molecule has 198 valence electrons. The van der Waals surface area contributed by atoms with Gasteiger partial charge in [0.25, 0.3) is 0 Å². The molecule has 0 saturated heterocycles. The molecule has 0 saturated carbocycles. The number of aromatic amines is 1. The summed E-state index contributed by atoms with van der Waals surface area (Å²) in [5.41, 5.74) is 2.97. The number of carbonyl (C=O) groups excluding carboxylic acids is 1. The summed E-state index contributed by atoms with van der Waals surface area (Å²) in [6.07, 6.45) is 1.46. The van der Waals surface area contributed by atoms with Crippen molar-refractivity contribution < 1.29 is 9.90 Å². The zero-order valence-corrected chi connectivity index (χ0v) is 22.4. The number of ketones is 1. The predicted molar refractivity (Wildman–Crippen MR) is 160 cm³/mol. The molecule has 0 fully saturated rings. The second kappa shape index (κ2) is 12.0. The molecule has 0 unspecified atom stereocenters. The number of rotatable bonds is 8. The number of fused-ring (bicyclic) bond motifs is 1. The van der Waals surface area contributed by atoms with Crippen molar-refractivity contribution in [3.05, 3.63) is 137 Å². The van der Waals surface area contributed by atoms with Crippen LogP contribution in [0, 0.1) is 22.7 Å². The number of allylic oxidation sites excluding steroid dienone is 1. The average Bonchev–Trinajstić information content (AvgIpc) is 3.33. The van der Waals surface area contributed by atoms with Crippen LogP contribution in [0.1, 0.15) is 21.5 Å². The number of aromatic nitrogens is 1. The summed E-state index contributed by atoms with van der Waals surface area (Å²) in [7, 11) is 0. The minimum Gasteiger partial charge on any atom is -0.494 e. The highest BCUT2D eigenvalue weighted by Crippen LogP contribution is 2.35. The maximum Gasteiger partial charge on any atom is 0.212 e. The number of nitrogens with zero attached hydrogens (tertiary/aromatic N) is 4. The Bertz CT molecular complexity index is 1860. The van der Waals surface area contributed by atoms with Crippen molar-refractivity contribution in [3.8, 4) is 18.0 Å². The molecule has 1 aromatic heterocycles. The zero-order valence-electron chi connectivity index (χ0n) is 21.6. The van der Waals surface area contributed by atoms with Crippen LogP contribution in [-0.2, 0) is 6.54 Å². The van der Waals surface area contributed by atoms with Crippen LogP contribution in [0.3, 0.4) is 0 Å². The fraction of sp³-hybridized carbons (Fsp3) is 0.0303. The molecule has 41 heavy (non-hydrogen) atoms. The molecule has 5 aromatic rings. The number of anilines is 1.